The lowest BCUT2D eigenvalue weighted by Gasteiger charge is -2.22. The average Bonchev–Trinajstić information content (AvgIpc) is 2.92. The fourth-order valence-electron chi connectivity index (χ4n) is 2.99. The predicted molar refractivity (Wildman–Crippen MR) is 85.6 cm³/mol. The standard InChI is InChI=1S/C14H19BrN2O4S/c15-10-6-12-13(21-5-4-20-12)7-14(10)22(18,19)17-11-3-1-2-9(11)8-16/h6-7,9,11,17H,1-5,8,16H2/t9-,11-/m1/s1. The summed E-state index contributed by atoms with van der Waals surface area (Å²) in [6.45, 7) is 1.37. The van der Waals surface area contributed by atoms with Crippen molar-refractivity contribution >= 4 is 26.0 Å². The number of benzene rings is 1. The van der Waals surface area contributed by atoms with Gasteiger partial charge in [0.2, 0.25) is 10.0 Å². The molecule has 1 aliphatic heterocycles. The zero-order valence-electron chi connectivity index (χ0n) is 12.0. The van der Waals surface area contributed by atoms with Crippen LogP contribution in [0.5, 0.6) is 11.5 Å². The van der Waals surface area contributed by atoms with E-state index in [0.717, 1.165) is 19.3 Å². The maximum Gasteiger partial charge on any atom is 0.242 e. The Morgan fingerprint density at radius 1 is 1.23 bits per heavy atom. The molecule has 1 saturated carbocycles. The van der Waals surface area contributed by atoms with Crippen molar-refractivity contribution in [3.05, 3.63) is 16.6 Å². The molecule has 0 unspecified atom stereocenters. The minimum absolute atomic E-state index is 0.102. The van der Waals surface area contributed by atoms with Gasteiger partial charge in [-0.25, -0.2) is 13.1 Å². The summed E-state index contributed by atoms with van der Waals surface area (Å²) in [5.41, 5.74) is 5.72. The summed E-state index contributed by atoms with van der Waals surface area (Å²) >= 11 is 3.31. The fraction of sp³-hybridized carbons (Fsp3) is 0.571. The number of rotatable bonds is 4. The number of halogens is 1. The largest absolute Gasteiger partial charge is 0.486 e. The van der Waals surface area contributed by atoms with E-state index >= 15 is 0 Å². The third-order valence-electron chi connectivity index (χ3n) is 4.15. The van der Waals surface area contributed by atoms with Gasteiger partial charge >= 0.3 is 0 Å². The van der Waals surface area contributed by atoms with Crippen molar-refractivity contribution < 1.29 is 17.9 Å². The van der Waals surface area contributed by atoms with Crippen molar-refractivity contribution in [1.82, 2.24) is 4.72 Å². The van der Waals surface area contributed by atoms with Crippen molar-refractivity contribution in [3.8, 4) is 11.5 Å². The Morgan fingerprint density at radius 3 is 2.59 bits per heavy atom. The molecule has 122 valence electrons. The lowest BCUT2D eigenvalue weighted by Crippen LogP contribution is -2.39. The number of fused-ring (bicyclic) bond motifs is 1. The van der Waals surface area contributed by atoms with E-state index in [2.05, 4.69) is 20.7 Å². The molecule has 0 radical (unpaired) electrons. The zero-order chi connectivity index (χ0) is 15.7. The summed E-state index contributed by atoms with van der Waals surface area (Å²) in [7, 11) is -3.64. The van der Waals surface area contributed by atoms with Gasteiger partial charge in [0, 0.05) is 16.6 Å². The first kappa shape index (κ1) is 16.0. The van der Waals surface area contributed by atoms with Gasteiger partial charge in [0.15, 0.2) is 11.5 Å². The SMILES string of the molecule is NC[C@H]1CCC[C@H]1NS(=O)(=O)c1cc2c(cc1Br)OCCO2. The molecule has 2 atom stereocenters. The van der Waals surface area contributed by atoms with Crippen LogP contribution in [0.1, 0.15) is 19.3 Å². The number of hydrogen-bond acceptors (Lipinski definition) is 5. The topological polar surface area (TPSA) is 90.7 Å². The Labute approximate surface area is 138 Å². The Balaban J connectivity index is 1.88. The van der Waals surface area contributed by atoms with Gasteiger partial charge in [0.25, 0.3) is 0 Å². The van der Waals surface area contributed by atoms with Gasteiger partial charge in [0.1, 0.15) is 18.1 Å². The second-order valence-corrected chi connectivity index (χ2v) is 8.12. The molecule has 1 aliphatic carbocycles. The van der Waals surface area contributed by atoms with Crippen LogP contribution in [0.15, 0.2) is 21.5 Å². The predicted octanol–water partition coefficient (Wildman–Crippen LogP) is 1.63. The molecule has 1 fully saturated rings. The summed E-state index contributed by atoms with van der Waals surface area (Å²) in [4.78, 5) is 0.166. The molecule has 1 aromatic carbocycles. The van der Waals surface area contributed by atoms with Gasteiger partial charge in [0.05, 0.1) is 0 Å². The fourth-order valence-corrected chi connectivity index (χ4v) is 5.36. The van der Waals surface area contributed by atoms with Gasteiger partial charge in [-0.05, 0) is 47.3 Å². The van der Waals surface area contributed by atoms with E-state index in [1.165, 1.54) is 6.07 Å². The summed E-state index contributed by atoms with van der Waals surface area (Å²) in [5.74, 6) is 1.21. The van der Waals surface area contributed by atoms with E-state index in [1.807, 2.05) is 0 Å². The zero-order valence-corrected chi connectivity index (χ0v) is 14.5. The van der Waals surface area contributed by atoms with Crippen LogP contribution >= 0.6 is 15.9 Å². The van der Waals surface area contributed by atoms with Gasteiger partial charge in [-0.3, -0.25) is 0 Å². The van der Waals surface area contributed by atoms with Crippen molar-refractivity contribution in [2.45, 2.75) is 30.2 Å². The van der Waals surface area contributed by atoms with Crippen molar-refractivity contribution in [2.75, 3.05) is 19.8 Å². The average molecular weight is 391 g/mol. The number of hydrogen-bond donors (Lipinski definition) is 2. The maximum absolute atomic E-state index is 12.7. The van der Waals surface area contributed by atoms with Crippen molar-refractivity contribution in [2.24, 2.45) is 11.7 Å². The highest BCUT2D eigenvalue weighted by molar-refractivity contribution is 9.10. The van der Waals surface area contributed by atoms with Gasteiger partial charge in [-0.15, -0.1) is 0 Å². The summed E-state index contributed by atoms with van der Waals surface area (Å²) < 4.78 is 39.5. The number of ether oxygens (including phenoxy) is 2. The molecule has 3 N–H and O–H groups in total. The second kappa shape index (κ2) is 6.35. The highest BCUT2D eigenvalue weighted by atomic mass is 79.9. The van der Waals surface area contributed by atoms with Crippen LogP contribution in [0.25, 0.3) is 0 Å². The van der Waals surface area contributed by atoms with Crippen LogP contribution in [0.3, 0.4) is 0 Å². The summed E-state index contributed by atoms with van der Waals surface area (Å²) in [6, 6.07) is 3.04. The van der Waals surface area contributed by atoms with E-state index in [0.29, 0.717) is 35.7 Å². The Morgan fingerprint density at radius 2 is 1.91 bits per heavy atom. The first-order valence-corrected chi connectivity index (χ1v) is 9.60. The lowest BCUT2D eigenvalue weighted by atomic mass is 10.1. The normalized spacial score (nSPS) is 24.5. The Bertz CT molecular complexity index is 665. The van der Waals surface area contributed by atoms with Gasteiger partial charge < -0.3 is 15.2 Å². The van der Waals surface area contributed by atoms with Gasteiger partial charge in [-0.2, -0.15) is 0 Å². The lowest BCUT2D eigenvalue weighted by molar-refractivity contribution is 0.171. The second-order valence-electron chi connectivity index (χ2n) is 5.58. The molecule has 1 heterocycles. The Kier molecular flexibility index (Phi) is 4.63. The van der Waals surface area contributed by atoms with Gasteiger partial charge in [-0.1, -0.05) is 6.42 Å². The first-order valence-electron chi connectivity index (χ1n) is 7.33. The van der Waals surface area contributed by atoms with E-state index < -0.39 is 10.0 Å². The van der Waals surface area contributed by atoms with E-state index in [9.17, 15) is 8.42 Å². The number of nitrogens with one attached hydrogen (secondary N) is 1. The monoisotopic (exact) mass is 390 g/mol. The quantitative estimate of drug-likeness (QED) is 0.814. The molecule has 8 heteroatoms. The highest BCUT2D eigenvalue weighted by Crippen LogP contribution is 2.38. The van der Waals surface area contributed by atoms with Crippen LogP contribution in [0, 0.1) is 5.92 Å². The Hall–Kier alpha value is -0.830. The molecule has 0 bridgehead atoms. The smallest absolute Gasteiger partial charge is 0.242 e. The maximum atomic E-state index is 12.7. The summed E-state index contributed by atoms with van der Waals surface area (Å²) in [6.07, 6.45) is 2.78. The van der Waals surface area contributed by atoms with Crippen LogP contribution < -0.4 is 19.9 Å². The van der Waals surface area contributed by atoms with Crippen LogP contribution in [0.2, 0.25) is 0 Å². The molecule has 22 heavy (non-hydrogen) atoms. The highest BCUT2D eigenvalue weighted by Gasteiger charge is 2.32. The number of sulfonamides is 1. The van der Waals surface area contributed by atoms with Crippen molar-refractivity contribution in [1.29, 1.82) is 0 Å². The summed E-state index contributed by atoms with van der Waals surface area (Å²) in [5, 5.41) is 0. The molecule has 0 spiro atoms. The number of nitrogens with two attached hydrogens (primary N) is 1. The van der Waals surface area contributed by atoms with Crippen LogP contribution in [0.4, 0.5) is 0 Å². The van der Waals surface area contributed by atoms with E-state index in [-0.39, 0.29) is 16.9 Å². The first-order chi connectivity index (χ1) is 10.5. The molecule has 0 amide bonds. The molecule has 0 saturated heterocycles. The molecule has 2 aliphatic rings. The minimum Gasteiger partial charge on any atom is -0.486 e. The third kappa shape index (κ3) is 3.10. The van der Waals surface area contributed by atoms with Crippen LogP contribution in [-0.4, -0.2) is 34.2 Å². The molecule has 0 aromatic heterocycles. The van der Waals surface area contributed by atoms with Crippen molar-refractivity contribution in [3.63, 3.8) is 0 Å². The van der Waals surface area contributed by atoms with Crippen LogP contribution in [-0.2, 0) is 10.0 Å². The molecule has 6 nitrogen and oxygen atoms in total. The molecular weight excluding hydrogens is 372 g/mol. The van der Waals surface area contributed by atoms with E-state index in [1.54, 1.807) is 6.07 Å². The minimum atomic E-state index is -3.64. The molecular formula is C14H19BrN2O4S. The molecule has 1 aromatic rings. The third-order valence-corrected chi connectivity index (χ3v) is 6.60. The van der Waals surface area contributed by atoms with E-state index in [4.69, 9.17) is 15.2 Å². The molecule has 3 rings (SSSR count).